The van der Waals surface area contributed by atoms with Gasteiger partial charge in [-0.1, -0.05) is 0 Å². The molecule has 2 aromatic rings. The number of nitrogens with zero attached hydrogens (tertiary/aromatic N) is 1. The fourth-order valence-electron chi connectivity index (χ4n) is 1.95. The normalized spacial score (nSPS) is 12.4. The lowest BCUT2D eigenvalue weighted by Crippen LogP contribution is -2.35. The van der Waals surface area contributed by atoms with E-state index in [-0.39, 0.29) is 0 Å². The van der Waals surface area contributed by atoms with Gasteiger partial charge in [-0.3, -0.25) is 4.79 Å². The van der Waals surface area contributed by atoms with Crippen LogP contribution in [0.5, 0.6) is 23.0 Å². The predicted molar refractivity (Wildman–Crippen MR) is 86.2 cm³/mol. The minimum atomic E-state index is -5.14. The molecule has 0 saturated heterocycles. The number of halogens is 7. The van der Waals surface area contributed by atoms with Crippen LogP contribution in [0.25, 0.3) is 0 Å². The molecule has 2 radical (unpaired) electrons. The van der Waals surface area contributed by atoms with E-state index in [1.807, 2.05) is 0 Å². The summed E-state index contributed by atoms with van der Waals surface area (Å²) in [5.41, 5.74) is -2.13. The lowest BCUT2D eigenvalue weighted by atomic mass is 10.1. The highest BCUT2D eigenvalue weighted by molar-refractivity contribution is 6.67. The molecule has 1 aromatic carbocycles. The van der Waals surface area contributed by atoms with Gasteiger partial charge >= 0.3 is 12.5 Å². The van der Waals surface area contributed by atoms with Crippen molar-refractivity contribution >= 4 is 24.7 Å². The molecule has 2 N–H and O–H groups in total. The van der Waals surface area contributed by atoms with Crippen molar-refractivity contribution in [3.8, 4) is 23.0 Å². The van der Waals surface area contributed by atoms with Crippen LogP contribution in [0.2, 0.25) is 0 Å². The maximum Gasteiger partial charge on any atom is 0.573 e. The van der Waals surface area contributed by atoms with Gasteiger partial charge in [0.2, 0.25) is 7.85 Å². The maximum atomic E-state index is 12.9. The Labute approximate surface area is 169 Å². The molecule has 2 rings (SSSR count). The van der Waals surface area contributed by atoms with Crippen LogP contribution in [-0.4, -0.2) is 40.5 Å². The largest absolute Gasteiger partial charge is 0.573 e. The van der Waals surface area contributed by atoms with Crippen molar-refractivity contribution in [2.45, 2.75) is 18.4 Å². The number of carbonyl (C=O) groups excluding carboxylic acids is 1. The molecule has 7 nitrogen and oxygen atoms in total. The molecule has 0 saturated carbocycles. The van der Waals surface area contributed by atoms with Crippen molar-refractivity contribution in [1.29, 1.82) is 0 Å². The van der Waals surface area contributed by atoms with Gasteiger partial charge in [0.25, 0.3) is 11.1 Å². The van der Waals surface area contributed by atoms with Crippen LogP contribution in [-0.2, 0) is 6.18 Å². The van der Waals surface area contributed by atoms with Gasteiger partial charge in [-0.05, 0) is 29.8 Å². The molecule has 0 spiro atoms. The molecule has 0 unspecified atom stereocenters. The second-order valence-electron chi connectivity index (χ2n) is 5.36. The zero-order valence-electron chi connectivity index (χ0n) is 14.1. The van der Waals surface area contributed by atoms with Crippen molar-refractivity contribution in [3.63, 3.8) is 0 Å². The predicted octanol–water partition coefficient (Wildman–Crippen LogP) is 3.31. The number of carbonyl (C=O) groups is 1. The Morgan fingerprint density at radius 1 is 1.00 bits per heavy atom. The topological polar surface area (TPSA) is 98.1 Å². The van der Waals surface area contributed by atoms with E-state index in [9.17, 15) is 31.1 Å². The van der Waals surface area contributed by atoms with Crippen LogP contribution < -0.4 is 14.2 Å². The van der Waals surface area contributed by atoms with E-state index < -0.39 is 57.9 Å². The maximum absolute atomic E-state index is 12.9. The summed E-state index contributed by atoms with van der Waals surface area (Å²) in [5.74, 6) is -6.81. The van der Waals surface area contributed by atoms with Gasteiger partial charge in [0.15, 0.2) is 22.9 Å². The van der Waals surface area contributed by atoms with Gasteiger partial charge in [0.1, 0.15) is 5.75 Å². The van der Waals surface area contributed by atoms with Gasteiger partial charge in [0, 0.05) is 12.3 Å². The first-order valence-corrected chi connectivity index (χ1v) is 7.70. The molecule has 1 heterocycles. The standard InChI is InChI=1S/C15H7BClF6NO6/c16-14(26,27)30-9-4-7(29-15(21,22)23)1-2-8(9)28-10-3-6(13(18,19)20)5-24-11(10)12(17)25/h1-5,26-27H. The van der Waals surface area contributed by atoms with Crippen LogP contribution in [0, 0.1) is 0 Å². The summed E-state index contributed by atoms with van der Waals surface area (Å²) in [7, 11) is 4.80. The van der Waals surface area contributed by atoms with E-state index in [0.717, 1.165) is 0 Å². The van der Waals surface area contributed by atoms with Crippen LogP contribution in [0.15, 0.2) is 30.5 Å². The van der Waals surface area contributed by atoms with Gasteiger partial charge in [-0.2, -0.15) is 13.2 Å². The molecule has 0 aliphatic heterocycles. The SMILES string of the molecule is [B]C(O)(O)Oc1cc(OC(F)(F)F)ccc1Oc1cc(C(F)(F)F)cnc1C(=O)Cl. The smallest absolute Gasteiger partial charge is 0.451 e. The molecule has 160 valence electrons. The van der Waals surface area contributed by atoms with Crippen LogP contribution in [0.4, 0.5) is 26.3 Å². The minimum absolute atomic E-state index is 0.298. The van der Waals surface area contributed by atoms with Crippen molar-refractivity contribution < 1.29 is 55.6 Å². The lowest BCUT2D eigenvalue weighted by Gasteiger charge is -2.22. The number of hydrogen-bond donors (Lipinski definition) is 2. The minimum Gasteiger partial charge on any atom is -0.451 e. The van der Waals surface area contributed by atoms with Crippen molar-refractivity contribution in [1.82, 2.24) is 4.98 Å². The number of pyridine rings is 1. The van der Waals surface area contributed by atoms with Crippen molar-refractivity contribution in [2.24, 2.45) is 0 Å². The van der Waals surface area contributed by atoms with E-state index in [1.165, 1.54) is 0 Å². The Bertz CT molecular complexity index is 947. The molecule has 15 heteroatoms. The number of alkyl halides is 6. The third kappa shape index (κ3) is 6.67. The number of aromatic nitrogens is 1. The Kier molecular flexibility index (Phi) is 6.44. The average molecular weight is 457 g/mol. The highest BCUT2D eigenvalue weighted by Crippen LogP contribution is 2.40. The highest BCUT2D eigenvalue weighted by atomic mass is 35.5. The molecule has 1 aromatic heterocycles. The highest BCUT2D eigenvalue weighted by Gasteiger charge is 2.34. The fourth-order valence-corrected chi connectivity index (χ4v) is 2.10. The number of ether oxygens (including phenoxy) is 3. The molecule has 0 fully saturated rings. The quantitative estimate of drug-likeness (QED) is 0.297. The van der Waals surface area contributed by atoms with E-state index >= 15 is 0 Å². The number of aliphatic hydroxyl groups is 2. The monoisotopic (exact) mass is 457 g/mol. The molecule has 0 aliphatic rings. The van der Waals surface area contributed by atoms with Crippen LogP contribution in [0.1, 0.15) is 16.1 Å². The van der Waals surface area contributed by atoms with E-state index in [2.05, 4.69) is 14.5 Å². The lowest BCUT2D eigenvalue weighted by molar-refractivity contribution is -0.274. The van der Waals surface area contributed by atoms with Crippen molar-refractivity contribution in [3.05, 3.63) is 41.7 Å². The summed E-state index contributed by atoms with van der Waals surface area (Å²) in [4.78, 5) is 14.7. The molecule has 0 aliphatic carbocycles. The van der Waals surface area contributed by atoms with Crippen LogP contribution in [0.3, 0.4) is 0 Å². The Balaban J connectivity index is 2.54. The summed E-state index contributed by atoms with van der Waals surface area (Å²) in [6.45, 7) is 0. The van der Waals surface area contributed by atoms with Crippen molar-refractivity contribution in [2.75, 3.05) is 0 Å². The first-order valence-electron chi connectivity index (χ1n) is 7.32. The number of hydrogen-bond acceptors (Lipinski definition) is 7. The summed E-state index contributed by atoms with van der Waals surface area (Å²) in [6, 6.07) is 2.14. The third-order valence-electron chi connectivity index (χ3n) is 3.00. The molecule has 0 bridgehead atoms. The van der Waals surface area contributed by atoms with E-state index in [0.29, 0.717) is 30.5 Å². The van der Waals surface area contributed by atoms with Crippen LogP contribution >= 0.6 is 11.6 Å². The first kappa shape index (κ1) is 23.6. The second kappa shape index (κ2) is 8.20. The van der Waals surface area contributed by atoms with E-state index in [4.69, 9.17) is 34.4 Å². The molecular weight excluding hydrogens is 450 g/mol. The Morgan fingerprint density at radius 2 is 1.63 bits per heavy atom. The zero-order valence-corrected chi connectivity index (χ0v) is 14.8. The summed E-state index contributed by atoms with van der Waals surface area (Å²) < 4.78 is 88.9. The Morgan fingerprint density at radius 3 is 2.13 bits per heavy atom. The number of benzene rings is 1. The summed E-state index contributed by atoms with van der Waals surface area (Å²) >= 11 is 5.25. The summed E-state index contributed by atoms with van der Waals surface area (Å²) in [5, 5.41) is 16.9. The molecular formula is C15H7BClF6NO6. The second-order valence-corrected chi connectivity index (χ2v) is 5.70. The van der Waals surface area contributed by atoms with E-state index in [1.54, 1.807) is 0 Å². The molecule has 0 atom stereocenters. The molecule has 0 amide bonds. The average Bonchev–Trinajstić information content (AvgIpc) is 2.53. The molecule has 30 heavy (non-hydrogen) atoms. The number of rotatable bonds is 6. The third-order valence-corrected chi connectivity index (χ3v) is 3.17. The zero-order chi connectivity index (χ0) is 22.9. The Hall–Kier alpha value is -2.71. The van der Waals surface area contributed by atoms with Gasteiger partial charge in [-0.25, -0.2) is 4.98 Å². The fraction of sp³-hybridized carbons (Fsp3) is 0.200. The van der Waals surface area contributed by atoms with Gasteiger partial charge in [-0.15, -0.1) is 13.2 Å². The first-order chi connectivity index (χ1) is 13.5. The van der Waals surface area contributed by atoms with Gasteiger partial charge in [0.05, 0.1) is 5.56 Å². The van der Waals surface area contributed by atoms with Gasteiger partial charge < -0.3 is 24.4 Å². The summed E-state index contributed by atoms with van der Waals surface area (Å²) in [6.07, 6.45) is -9.74.